The zero-order valence-electron chi connectivity index (χ0n) is 6.17. The third-order valence-corrected chi connectivity index (χ3v) is 2.13. The molecule has 2 aromatic rings. The van der Waals surface area contributed by atoms with Crippen molar-refractivity contribution in [3.05, 3.63) is 45.2 Å². The van der Waals surface area contributed by atoms with Crippen LogP contribution in [-0.4, -0.2) is 4.98 Å². The van der Waals surface area contributed by atoms with E-state index in [1.807, 2.05) is 18.2 Å². The molecule has 0 saturated carbocycles. The Morgan fingerprint density at radius 1 is 1.25 bits per heavy atom. The molecule has 0 radical (unpaired) electrons. The fourth-order valence-electron chi connectivity index (χ4n) is 1.16. The van der Waals surface area contributed by atoms with Crippen LogP contribution in [0.5, 0.6) is 0 Å². The third kappa shape index (κ3) is 1.16. The first-order valence-electron chi connectivity index (χ1n) is 3.55. The van der Waals surface area contributed by atoms with E-state index in [1.54, 1.807) is 6.07 Å². The second-order valence-electron chi connectivity index (χ2n) is 2.53. The van der Waals surface area contributed by atoms with Gasteiger partial charge in [0.05, 0.1) is 10.1 Å². The van der Waals surface area contributed by atoms with E-state index in [9.17, 15) is 4.79 Å². The molecular weight excluding hydrogens is 218 g/mol. The maximum atomic E-state index is 11.3. The monoisotopic (exact) mass is 223 g/mol. The molecule has 1 aromatic heterocycles. The molecule has 2 nitrogen and oxygen atoms in total. The Hall–Kier alpha value is -1.09. The zero-order chi connectivity index (χ0) is 8.55. The Labute approximate surface area is 77.4 Å². The highest BCUT2D eigenvalue weighted by atomic mass is 79.9. The number of aromatic nitrogens is 1. The number of pyridine rings is 1. The number of benzene rings is 1. The zero-order valence-corrected chi connectivity index (χ0v) is 7.76. The summed E-state index contributed by atoms with van der Waals surface area (Å²) in [6.07, 6.45) is 0. The van der Waals surface area contributed by atoms with E-state index in [2.05, 4.69) is 20.9 Å². The summed E-state index contributed by atoms with van der Waals surface area (Å²) in [5.41, 5.74) is 0.896. The summed E-state index contributed by atoms with van der Waals surface area (Å²) in [7, 11) is 0. The van der Waals surface area contributed by atoms with Gasteiger partial charge in [-0.15, -0.1) is 0 Å². The quantitative estimate of drug-likeness (QED) is 0.684. The van der Waals surface area contributed by atoms with Crippen LogP contribution in [0.3, 0.4) is 0 Å². The predicted octanol–water partition coefficient (Wildman–Crippen LogP) is 2.29. The summed E-state index contributed by atoms with van der Waals surface area (Å²) in [6.45, 7) is 0. The number of aromatic amines is 1. The largest absolute Gasteiger partial charge is 0.349 e. The minimum Gasteiger partial charge on any atom is -0.349 e. The van der Waals surface area contributed by atoms with Gasteiger partial charge in [-0.3, -0.25) is 4.79 Å². The van der Waals surface area contributed by atoms with E-state index < -0.39 is 0 Å². The van der Waals surface area contributed by atoms with Crippen LogP contribution >= 0.6 is 15.9 Å². The molecule has 12 heavy (non-hydrogen) atoms. The molecule has 1 N–H and O–H groups in total. The molecule has 0 aliphatic heterocycles. The van der Waals surface area contributed by atoms with Gasteiger partial charge in [0, 0.05) is 11.5 Å². The van der Waals surface area contributed by atoms with Crippen LogP contribution in [0.1, 0.15) is 0 Å². The molecule has 0 unspecified atom stereocenters. The topological polar surface area (TPSA) is 32.9 Å². The van der Waals surface area contributed by atoms with Gasteiger partial charge in [-0.25, -0.2) is 0 Å². The Morgan fingerprint density at radius 3 is 2.83 bits per heavy atom. The first-order chi connectivity index (χ1) is 5.77. The van der Waals surface area contributed by atoms with E-state index in [0.29, 0.717) is 4.60 Å². The van der Waals surface area contributed by atoms with Gasteiger partial charge >= 0.3 is 0 Å². The molecule has 1 aromatic carbocycles. The molecule has 0 saturated heterocycles. The van der Waals surface area contributed by atoms with E-state index in [0.717, 1.165) is 10.9 Å². The fourth-order valence-corrected chi connectivity index (χ4v) is 1.59. The lowest BCUT2D eigenvalue weighted by Crippen LogP contribution is -2.00. The fraction of sp³-hybridized carbons (Fsp3) is 0. The number of para-hydroxylation sites is 1. The Kier molecular flexibility index (Phi) is 1.73. The van der Waals surface area contributed by atoms with Crippen LogP contribution < -0.4 is 5.43 Å². The van der Waals surface area contributed by atoms with Gasteiger partial charge < -0.3 is 4.98 Å². The second kappa shape index (κ2) is 2.75. The van der Waals surface area contributed by atoms with Crippen LogP contribution in [0.15, 0.2) is 39.7 Å². The molecule has 60 valence electrons. The lowest BCUT2D eigenvalue weighted by Gasteiger charge is -1.96. The van der Waals surface area contributed by atoms with Gasteiger partial charge in [0.15, 0.2) is 5.43 Å². The third-order valence-electron chi connectivity index (χ3n) is 1.70. The van der Waals surface area contributed by atoms with Gasteiger partial charge in [0.2, 0.25) is 0 Å². The van der Waals surface area contributed by atoms with Crippen molar-refractivity contribution in [1.29, 1.82) is 0 Å². The van der Waals surface area contributed by atoms with Crippen molar-refractivity contribution >= 4 is 26.8 Å². The van der Waals surface area contributed by atoms with Crippen molar-refractivity contribution in [1.82, 2.24) is 4.98 Å². The predicted molar refractivity (Wildman–Crippen MR) is 52.3 cm³/mol. The van der Waals surface area contributed by atoms with Crippen LogP contribution in [0.2, 0.25) is 0 Å². The summed E-state index contributed by atoms with van der Waals surface area (Å²) < 4.78 is 0.714. The first kappa shape index (κ1) is 7.55. The first-order valence-corrected chi connectivity index (χ1v) is 4.34. The summed E-state index contributed by atoms with van der Waals surface area (Å²) in [4.78, 5) is 14.4. The number of hydrogen-bond donors (Lipinski definition) is 1. The number of rotatable bonds is 0. The van der Waals surface area contributed by atoms with Gasteiger partial charge in [-0.1, -0.05) is 12.1 Å². The van der Waals surface area contributed by atoms with Crippen molar-refractivity contribution in [2.75, 3.05) is 0 Å². The number of fused-ring (bicyclic) bond motifs is 1. The van der Waals surface area contributed by atoms with Crippen LogP contribution in [0.25, 0.3) is 10.9 Å². The summed E-state index contributed by atoms with van der Waals surface area (Å²) in [5.74, 6) is 0. The number of halogens is 1. The molecule has 2 rings (SSSR count). The molecule has 1 heterocycles. The van der Waals surface area contributed by atoms with Crippen molar-refractivity contribution < 1.29 is 0 Å². The lowest BCUT2D eigenvalue weighted by atomic mass is 10.2. The molecule has 0 atom stereocenters. The molecule has 0 amide bonds. The highest BCUT2D eigenvalue weighted by molar-refractivity contribution is 9.10. The molecular formula is C9H6BrNO. The molecule has 0 bridgehead atoms. The molecule has 0 fully saturated rings. The molecule has 0 aliphatic rings. The lowest BCUT2D eigenvalue weighted by molar-refractivity contribution is 1.33. The Bertz CT molecular complexity index is 475. The minimum atomic E-state index is 0.0382. The highest BCUT2D eigenvalue weighted by Gasteiger charge is 1.97. The van der Waals surface area contributed by atoms with E-state index >= 15 is 0 Å². The molecule has 0 spiro atoms. The SMILES string of the molecule is O=c1cc(Br)[nH]c2ccccc12. The molecule has 3 heteroatoms. The number of nitrogens with one attached hydrogen (secondary N) is 1. The maximum Gasteiger partial charge on any atom is 0.190 e. The van der Waals surface area contributed by atoms with Crippen molar-refractivity contribution in [3.63, 3.8) is 0 Å². The van der Waals surface area contributed by atoms with Gasteiger partial charge in [-0.2, -0.15) is 0 Å². The number of hydrogen-bond acceptors (Lipinski definition) is 1. The van der Waals surface area contributed by atoms with E-state index in [4.69, 9.17) is 0 Å². The highest BCUT2D eigenvalue weighted by Crippen LogP contribution is 2.10. The average Bonchev–Trinajstić information content (AvgIpc) is 2.04. The van der Waals surface area contributed by atoms with Crippen LogP contribution in [-0.2, 0) is 0 Å². The summed E-state index contributed by atoms with van der Waals surface area (Å²) >= 11 is 3.23. The summed E-state index contributed by atoms with van der Waals surface area (Å²) in [5, 5.41) is 0.723. The Balaban J connectivity index is 2.99. The van der Waals surface area contributed by atoms with Crippen LogP contribution in [0, 0.1) is 0 Å². The van der Waals surface area contributed by atoms with Crippen LogP contribution in [0.4, 0.5) is 0 Å². The summed E-state index contributed by atoms with van der Waals surface area (Å²) in [6, 6.07) is 8.96. The van der Waals surface area contributed by atoms with Crippen molar-refractivity contribution in [2.45, 2.75) is 0 Å². The number of H-pyrrole nitrogens is 1. The van der Waals surface area contributed by atoms with E-state index in [1.165, 1.54) is 6.07 Å². The van der Waals surface area contributed by atoms with Gasteiger partial charge in [0.25, 0.3) is 0 Å². The van der Waals surface area contributed by atoms with Gasteiger partial charge in [0.1, 0.15) is 0 Å². The molecule has 0 aliphatic carbocycles. The standard InChI is InChI=1S/C9H6BrNO/c10-9-5-8(12)6-3-1-2-4-7(6)11-9/h1-5H,(H,11,12). The second-order valence-corrected chi connectivity index (χ2v) is 3.38. The van der Waals surface area contributed by atoms with E-state index in [-0.39, 0.29) is 5.43 Å². The van der Waals surface area contributed by atoms with Gasteiger partial charge in [-0.05, 0) is 28.1 Å². The normalized spacial score (nSPS) is 10.4. The minimum absolute atomic E-state index is 0.0382. The smallest absolute Gasteiger partial charge is 0.190 e. The van der Waals surface area contributed by atoms with Crippen molar-refractivity contribution in [2.24, 2.45) is 0 Å². The Morgan fingerprint density at radius 2 is 2.00 bits per heavy atom. The maximum absolute atomic E-state index is 11.3. The average molecular weight is 224 g/mol. The van der Waals surface area contributed by atoms with Crippen molar-refractivity contribution in [3.8, 4) is 0 Å².